The van der Waals surface area contributed by atoms with Gasteiger partial charge in [0, 0.05) is 30.9 Å². The Labute approximate surface area is 187 Å². The molecule has 164 valence electrons. The van der Waals surface area contributed by atoms with Crippen LogP contribution in [0.4, 0.5) is 11.4 Å². The zero-order valence-corrected chi connectivity index (χ0v) is 19.5. The number of anilines is 2. The zero-order chi connectivity index (χ0) is 22.0. The number of rotatable bonds is 6. The number of nitrogens with zero attached hydrogens (tertiary/aromatic N) is 1. The average Bonchev–Trinajstić information content (AvgIpc) is 3.28. The van der Waals surface area contributed by atoms with Crippen molar-refractivity contribution in [3.8, 4) is 16.9 Å². The number of hydrogen-bond donors (Lipinski definition) is 2. The molecule has 2 aromatic carbocycles. The number of piperazine rings is 1. The molecule has 1 aliphatic rings. The summed E-state index contributed by atoms with van der Waals surface area (Å²) in [5.41, 5.74) is 3.46. The summed E-state index contributed by atoms with van der Waals surface area (Å²) in [5.74, 6) is 0.485. The predicted molar refractivity (Wildman–Crippen MR) is 128 cm³/mol. The Kier molecular flexibility index (Phi) is 6.22. The Morgan fingerprint density at radius 3 is 2.35 bits per heavy atom. The standard InChI is InChI=1S/C23H27N3O3S2/c1-16-13-26(14-17(2)24-16)20-6-9-23(29-3)22(12-20)25-31(27,28)21-7-4-18(5-8-21)19-10-11-30-15-19/h4-12,15-17,24-25H,13-14H2,1-3H3. The van der Waals surface area contributed by atoms with E-state index in [1.54, 1.807) is 23.5 Å². The van der Waals surface area contributed by atoms with Crippen LogP contribution in [-0.2, 0) is 10.0 Å². The fraction of sp³-hybridized carbons (Fsp3) is 0.304. The minimum absolute atomic E-state index is 0.211. The molecule has 0 radical (unpaired) electrons. The van der Waals surface area contributed by atoms with Gasteiger partial charge in [-0.15, -0.1) is 0 Å². The summed E-state index contributed by atoms with van der Waals surface area (Å²) >= 11 is 1.61. The van der Waals surface area contributed by atoms with Gasteiger partial charge >= 0.3 is 0 Å². The van der Waals surface area contributed by atoms with Crippen LogP contribution in [0.2, 0.25) is 0 Å². The summed E-state index contributed by atoms with van der Waals surface area (Å²) in [5, 5.41) is 7.55. The molecule has 2 unspecified atom stereocenters. The summed E-state index contributed by atoms with van der Waals surface area (Å²) in [4.78, 5) is 2.47. The number of sulfonamides is 1. The second kappa shape index (κ2) is 8.90. The molecule has 3 aromatic rings. The number of thiophene rings is 1. The Balaban J connectivity index is 1.59. The van der Waals surface area contributed by atoms with Gasteiger partial charge in [0.25, 0.3) is 10.0 Å². The van der Waals surface area contributed by atoms with Crippen molar-refractivity contribution in [1.29, 1.82) is 0 Å². The molecule has 2 atom stereocenters. The highest BCUT2D eigenvalue weighted by Crippen LogP contribution is 2.32. The molecule has 1 saturated heterocycles. The second-order valence-electron chi connectivity index (χ2n) is 7.90. The molecule has 31 heavy (non-hydrogen) atoms. The highest BCUT2D eigenvalue weighted by atomic mass is 32.2. The van der Waals surface area contributed by atoms with Crippen LogP contribution in [0.1, 0.15) is 13.8 Å². The maximum Gasteiger partial charge on any atom is 0.262 e. The molecule has 2 heterocycles. The third-order valence-corrected chi connectivity index (χ3v) is 7.43. The highest BCUT2D eigenvalue weighted by molar-refractivity contribution is 7.92. The molecule has 0 bridgehead atoms. The van der Waals surface area contributed by atoms with Crippen LogP contribution in [0.15, 0.2) is 64.2 Å². The first-order valence-electron chi connectivity index (χ1n) is 10.2. The number of benzene rings is 2. The van der Waals surface area contributed by atoms with Gasteiger partial charge in [-0.25, -0.2) is 8.42 Å². The Morgan fingerprint density at radius 2 is 1.74 bits per heavy atom. The normalized spacial score (nSPS) is 19.3. The second-order valence-corrected chi connectivity index (χ2v) is 10.4. The molecular formula is C23H27N3O3S2. The van der Waals surface area contributed by atoms with E-state index in [2.05, 4.69) is 28.8 Å². The van der Waals surface area contributed by atoms with Gasteiger partial charge in [-0.3, -0.25) is 4.72 Å². The van der Waals surface area contributed by atoms with Crippen LogP contribution in [0.25, 0.3) is 11.1 Å². The van der Waals surface area contributed by atoms with Crippen molar-refractivity contribution in [1.82, 2.24) is 5.32 Å². The number of nitrogens with one attached hydrogen (secondary N) is 2. The smallest absolute Gasteiger partial charge is 0.262 e. The van der Waals surface area contributed by atoms with E-state index in [-0.39, 0.29) is 4.90 Å². The molecule has 0 saturated carbocycles. The largest absolute Gasteiger partial charge is 0.495 e. The molecule has 6 nitrogen and oxygen atoms in total. The van der Waals surface area contributed by atoms with Crippen molar-refractivity contribution >= 4 is 32.7 Å². The first-order valence-corrected chi connectivity index (χ1v) is 12.6. The van der Waals surface area contributed by atoms with E-state index in [0.717, 1.165) is 29.9 Å². The van der Waals surface area contributed by atoms with E-state index in [0.29, 0.717) is 23.5 Å². The van der Waals surface area contributed by atoms with Crippen molar-refractivity contribution in [3.63, 3.8) is 0 Å². The maximum absolute atomic E-state index is 13.1. The molecule has 0 spiro atoms. The Bertz CT molecular complexity index is 1120. The van der Waals surface area contributed by atoms with Crippen molar-refractivity contribution in [3.05, 3.63) is 59.3 Å². The molecule has 8 heteroatoms. The highest BCUT2D eigenvalue weighted by Gasteiger charge is 2.23. The minimum atomic E-state index is -3.76. The quantitative estimate of drug-likeness (QED) is 0.574. The Hall–Kier alpha value is -2.55. The topological polar surface area (TPSA) is 70.7 Å². The molecule has 0 aliphatic carbocycles. The molecule has 4 rings (SSSR count). The van der Waals surface area contributed by atoms with Crippen molar-refractivity contribution in [2.24, 2.45) is 0 Å². The van der Waals surface area contributed by atoms with Gasteiger partial charge in [-0.05, 0) is 72.1 Å². The van der Waals surface area contributed by atoms with E-state index in [1.807, 2.05) is 47.2 Å². The molecule has 1 aromatic heterocycles. The van der Waals surface area contributed by atoms with Crippen molar-refractivity contribution in [2.75, 3.05) is 29.8 Å². The van der Waals surface area contributed by atoms with Gasteiger partial charge < -0.3 is 15.0 Å². The fourth-order valence-electron chi connectivity index (χ4n) is 3.97. The predicted octanol–water partition coefficient (Wildman–Crippen LogP) is 4.41. The van der Waals surface area contributed by atoms with Crippen LogP contribution >= 0.6 is 11.3 Å². The number of hydrogen-bond acceptors (Lipinski definition) is 6. The lowest BCUT2D eigenvalue weighted by atomic mass is 10.1. The lowest BCUT2D eigenvalue weighted by Gasteiger charge is -2.38. The summed E-state index contributed by atoms with van der Waals surface area (Å²) in [7, 11) is -2.22. The van der Waals surface area contributed by atoms with Gasteiger partial charge in [-0.1, -0.05) is 12.1 Å². The first-order chi connectivity index (χ1) is 14.9. The van der Waals surface area contributed by atoms with E-state index in [9.17, 15) is 8.42 Å². The summed E-state index contributed by atoms with van der Waals surface area (Å²) in [6.45, 7) is 6.00. The van der Waals surface area contributed by atoms with E-state index < -0.39 is 10.0 Å². The summed E-state index contributed by atoms with van der Waals surface area (Å²) in [6.07, 6.45) is 0. The lowest BCUT2D eigenvalue weighted by Crippen LogP contribution is -2.54. The van der Waals surface area contributed by atoms with Gasteiger partial charge in [0.2, 0.25) is 0 Å². The third kappa shape index (κ3) is 4.87. The van der Waals surface area contributed by atoms with E-state index >= 15 is 0 Å². The average molecular weight is 458 g/mol. The zero-order valence-electron chi connectivity index (χ0n) is 17.8. The van der Waals surface area contributed by atoms with Gasteiger partial charge in [-0.2, -0.15) is 11.3 Å². The van der Waals surface area contributed by atoms with Crippen LogP contribution in [0.3, 0.4) is 0 Å². The van der Waals surface area contributed by atoms with Crippen molar-refractivity contribution in [2.45, 2.75) is 30.8 Å². The molecule has 0 amide bonds. The lowest BCUT2D eigenvalue weighted by molar-refractivity contribution is 0.406. The van der Waals surface area contributed by atoms with E-state index in [1.165, 1.54) is 7.11 Å². The van der Waals surface area contributed by atoms with E-state index in [4.69, 9.17) is 4.74 Å². The third-order valence-electron chi connectivity index (χ3n) is 5.37. The summed E-state index contributed by atoms with van der Waals surface area (Å²) in [6, 6.07) is 15.3. The molecular weight excluding hydrogens is 430 g/mol. The minimum Gasteiger partial charge on any atom is -0.495 e. The van der Waals surface area contributed by atoms with Crippen LogP contribution in [-0.4, -0.2) is 40.7 Å². The molecule has 2 N–H and O–H groups in total. The van der Waals surface area contributed by atoms with Gasteiger partial charge in [0.1, 0.15) is 5.75 Å². The summed E-state index contributed by atoms with van der Waals surface area (Å²) < 4.78 is 34.3. The van der Waals surface area contributed by atoms with Gasteiger partial charge in [0.05, 0.1) is 17.7 Å². The van der Waals surface area contributed by atoms with Gasteiger partial charge in [0.15, 0.2) is 0 Å². The number of ether oxygens (including phenoxy) is 1. The monoisotopic (exact) mass is 457 g/mol. The van der Waals surface area contributed by atoms with Crippen LogP contribution in [0, 0.1) is 0 Å². The van der Waals surface area contributed by atoms with Crippen LogP contribution < -0.4 is 19.7 Å². The fourth-order valence-corrected chi connectivity index (χ4v) is 5.70. The van der Waals surface area contributed by atoms with Crippen LogP contribution in [0.5, 0.6) is 5.75 Å². The maximum atomic E-state index is 13.1. The van der Waals surface area contributed by atoms with Crippen molar-refractivity contribution < 1.29 is 13.2 Å². The SMILES string of the molecule is COc1ccc(N2CC(C)NC(C)C2)cc1NS(=O)(=O)c1ccc(-c2ccsc2)cc1. The molecule has 1 fully saturated rings. The Morgan fingerprint density at radius 1 is 1.03 bits per heavy atom. The molecule has 1 aliphatic heterocycles. The number of methoxy groups -OCH3 is 1. The first kappa shape index (κ1) is 21.7.